The predicted octanol–water partition coefficient (Wildman–Crippen LogP) is 7.57. The van der Waals surface area contributed by atoms with Gasteiger partial charge in [-0.25, -0.2) is 0 Å². The summed E-state index contributed by atoms with van der Waals surface area (Å²) in [5.74, 6) is 0. The van der Waals surface area contributed by atoms with Crippen molar-refractivity contribution in [2.45, 2.75) is 12.3 Å². The van der Waals surface area contributed by atoms with Crippen molar-refractivity contribution in [3.05, 3.63) is 120 Å². The Hall–Kier alpha value is -3.40. The minimum atomic E-state index is -1.24. The van der Waals surface area contributed by atoms with Crippen LogP contribution in [0, 0.1) is 16.5 Å². The van der Waals surface area contributed by atoms with Gasteiger partial charge in [0.1, 0.15) is 0 Å². The molecule has 1 unspecified atom stereocenters. The van der Waals surface area contributed by atoms with Crippen molar-refractivity contribution in [3.8, 4) is 28.3 Å². The zero-order valence-electron chi connectivity index (χ0n) is 16.7. The van der Waals surface area contributed by atoms with Crippen LogP contribution in [-0.4, -0.2) is 0 Å². The number of nitrogens with zero attached hydrogens (tertiary/aromatic N) is 1. The highest BCUT2D eigenvalue weighted by Crippen LogP contribution is 2.33. The van der Waals surface area contributed by atoms with Crippen LogP contribution in [0.3, 0.4) is 0 Å². The highest BCUT2D eigenvalue weighted by molar-refractivity contribution is 7.44. The van der Waals surface area contributed by atoms with E-state index in [0.717, 1.165) is 23.5 Å². The maximum absolute atomic E-state index is 8.93. The molecular formula is C27H23N2P. The summed E-state index contributed by atoms with van der Waals surface area (Å²) in [6.45, 7) is 0. The van der Waals surface area contributed by atoms with Gasteiger partial charge >= 0.3 is 0 Å². The summed E-state index contributed by atoms with van der Waals surface area (Å²) in [5.41, 5.74) is 7.83. The third-order valence-corrected chi connectivity index (χ3v) is 6.87. The van der Waals surface area contributed by atoms with Crippen molar-refractivity contribution in [3.63, 3.8) is 0 Å². The van der Waals surface area contributed by atoms with Crippen LogP contribution in [0.5, 0.6) is 0 Å². The van der Waals surface area contributed by atoms with Crippen molar-refractivity contribution in [2.24, 2.45) is 0 Å². The quantitative estimate of drug-likeness (QED) is 0.330. The Morgan fingerprint density at radius 2 is 0.967 bits per heavy atom. The molecule has 0 fully saturated rings. The molecule has 0 aliphatic heterocycles. The summed E-state index contributed by atoms with van der Waals surface area (Å²) in [6.07, 6.45) is 1.68. The van der Waals surface area contributed by atoms with Crippen LogP contribution >= 0.6 is 7.71 Å². The van der Waals surface area contributed by atoms with Gasteiger partial charge in [0.05, 0.1) is 11.6 Å². The van der Waals surface area contributed by atoms with E-state index in [-0.39, 0.29) is 0 Å². The Bertz CT molecular complexity index is 1170. The number of hydrogen-bond acceptors (Lipinski definition) is 2. The molecule has 0 aliphatic rings. The van der Waals surface area contributed by atoms with Gasteiger partial charge in [0.2, 0.25) is 0 Å². The van der Waals surface area contributed by atoms with Crippen LogP contribution in [0.15, 0.2) is 103 Å². The first-order chi connectivity index (χ1) is 14.7. The maximum Gasteiger partial charge on any atom is 0.0991 e. The van der Waals surface area contributed by atoms with Gasteiger partial charge in [-0.1, -0.05) is 91.0 Å². The molecule has 0 saturated heterocycles. The molecule has 4 rings (SSSR count). The molecule has 146 valence electrons. The molecular weight excluding hydrogens is 383 g/mol. The molecule has 0 radical (unpaired) electrons. The molecule has 0 aromatic heterocycles. The Kier molecular flexibility index (Phi) is 6.23. The largest absolute Gasteiger partial charge is 0.321 e. The highest BCUT2D eigenvalue weighted by atomic mass is 31.1. The zero-order valence-corrected chi connectivity index (χ0v) is 17.7. The third-order valence-electron chi connectivity index (χ3n) is 5.20. The normalized spacial score (nSPS) is 11.6. The van der Waals surface area contributed by atoms with Crippen molar-refractivity contribution in [2.75, 3.05) is 0 Å². The maximum atomic E-state index is 8.93. The van der Waals surface area contributed by atoms with Gasteiger partial charge in [0.15, 0.2) is 0 Å². The summed E-state index contributed by atoms with van der Waals surface area (Å²) in [7, 11) is -1.24. The van der Waals surface area contributed by atoms with Gasteiger partial charge < -0.3 is 5.16 Å². The molecule has 0 saturated carbocycles. The molecule has 0 amide bonds. The first-order valence-corrected chi connectivity index (χ1v) is 11.9. The minimum absolute atomic E-state index is 0.675. The lowest BCUT2D eigenvalue weighted by molar-refractivity contribution is 1.31. The standard InChI is InChI=1S/C27H23N2P/c28-18-21-6-12-26(13-7-21)27-16-10-23(11-17-27)20-30(29)19-22-8-14-25(15-9-22)24-4-2-1-3-5-24/h1-17,29-30H,19-20H2. The van der Waals surface area contributed by atoms with E-state index in [0.29, 0.717) is 5.56 Å². The topological polar surface area (TPSA) is 47.6 Å². The first-order valence-electron chi connectivity index (χ1n) is 10.0. The Labute approximate surface area is 178 Å². The van der Waals surface area contributed by atoms with Gasteiger partial charge in [-0.15, -0.1) is 0 Å². The van der Waals surface area contributed by atoms with Gasteiger partial charge in [0, 0.05) is 12.3 Å². The average Bonchev–Trinajstić information content (AvgIpc) is 2.81. The molecule has 1 atom stereocenters. The monoisotopic (exact) mass is 406 g/mol. The van der Waals surface area contributed by atoms with Crippen LogP contribution in [0.25, 0.3) is 22.3 Å². The van der Waals surface area contributed by atoms with E-state index in [1.165, 1.54) is 22.3 Å². The molecule has 0 bridgehead atoms. The minimum Gasteiger partial charge on any atom is -0.321 e. The highest BCUT2D eigenvalue weighted by Gasteiger charge is 2.04. The summed E-state index contributed by atoms with van der Waals surface area (Å²) in [6, 6.07) is 37.3. The Morgan fingerprint density at radius 1 is 0.567 bits per heavy atom. The van der Waals surface area contributed by atoms with E-state index in [2.05, 4.69) is 78.9 Å². The van der Waals surface area contributed by atoms with Gasteiger partial charge in [-0.2, -0.15) is 5.26 Å². The SMILES string of the molecule is N#Cc1ccc(-c2ccc(C[PH](=N)Cc3ccc(-c4ccccc4)cc3)cc2)cc1. The van der Waals surface area contributed by atoms with Crippen molar-refractivity contribution < 1.29 is 0 Å². The van der Waals surface area contributed by atoms with E-state index in [4.69, 9.17) is 10.4 Å². The van der Waals surface area contributed by atoms with Crippen molar-refractivity contribution in [1.29, 1.82) is 10.4 Å². The molecule has 1 N–H and O–H groups in total. The number of nitrogens with one attached hydrogen (secondary N) is 1. The molecule has 3 heteroatoms. The number of nitriles is 1. The number of rotatable bonds is 6. The first kappa shape index (κ1) is 19.9. The van der Waals surface area contributed by atoms with Crippen LogP contribution in [0.4, 0.5) is 0 Å². The lowest BCUT2D eigenvalue weighted by Gasteiger charge is -2.09. The summed E-state index contributed by atoms with van der Waals surface area (Å²) >= 11 is 0. The fourth-order valence-electron chi connectivity index (χ4n) is 3.55. The Balaban J connectivity index is 1.37. The van der Waals surface area contributed by atoms with Gasteiger partial charge in [-0.05, 0) is 53.2 Å². The second-order valence-corrected chi connectivity index (χ2v) is 9.32. The van der Waals surface area contributed by atoms with Crippen LogP contribution in [0.1, 0.15) is 16.7 Å². The second kappa shape index (κ2) is 9.40. The summed E-state index contributed by atoms with van der Waals surface area (Å²) in [5, 5.41) is 17.5. The van der Waals surface area contributed by atoms with E-state index in [9.17, 15) is 0 Å². The molecule has 0 spiro atoms. The van der Waals surface area contributed by atoms with Gasteiger partial charge in [0.25, 0.3) is 0 Å². The summed E-state index contributed by atoms with van der Waals surface area (Å²) in [4.78, 5) is 0. The molecule has 4 aromatic rings. The lowest BCUT2D eigenvalue weighted by Crippen LogP contribution is -1.86. The van der Waals surface area contributed by atoms with Crippen molar-refractivity contribution >= 4 is 7.71 Å². The van der Waals surface area contributed by atoms with Crippen LogP contribution in [-0.2, 0) is 12.3 Å². The fraction of sp³-hybridized carbons (Fsp3) is 0.0741. The lowest BCUT2D eigenvalue weighted by atomic mass is 10.0. The number of benzene rings is 4. The fourth-order valence-corrected chi connectivity index (χ4v) is 5.14. The predicted molar refractivity (Wildman–Crippen MR) is 127 cm³/mol. The van der Waals surface area contributed by atoms with Gasteiger partial charge in [-0.3, -0.25) is 0 Å². The van der Waals surface area contributed by atoms with E-state index in [1.807, 2.05) is 30.3 Å². The number of hydrogen-bond donors (Lipinski definition) is 1. The van der Waals surface area contributed by atoms with Crippen LogP contribution < -0.4 is 0 Å². The third kappa shape index (κ3) is 4.95. The van der Waals surface area contributed by atoms with Crippen molar-refractivity contribution in [1.82, 2.24) is 0 Å². The average molecular weight is 406 g/mol. The summed E-state index contributed by atoms with van der Waals surface area (Å²) < 4.78 is 0. The molecule has 2 nitrogen and oxygen atoms in total. The molecule has 30 heavy (non-hydrogen) atoms. The molecule has 4 aromatic carbocycles. The van der Waals surface area contributed by atoms with Crippen LogP contribution in [0.2, 0.25) is 0 Å². The van der Waals surface area contributed by atoms with E-state index < -0.39 is 7.71 Å². The molecule has 0 aliphatic carbocycles. The van der Waals surface area contributed by atoms with E-state index >= 15 is 0 Å². The Morgan fingerprint density at radius 3 is 1.40 bits per heavy atom. The van der Waals surface area contributed by atoms with E-state index in [1.54, 1.807) is 0 Å². The molecule has 0 heterocycles. The smallest absolute Gasteiger partial charge is 0.0991 e. The zero-order chi connectivity index (χ0) is 20.8. The second-order valence-electron chi connectivity index (χ2n) is 7.41.